The number of hydrogen-bond donors (Lipinski definition) is 0. The third kappa shape index (κ3) is 4.36. The fraction of sp³-hybridized carbons (Fsp3) is 0.278. The Hall–Kier alpha value is -2.41. The Labute approximate surface area is 153 Å². The lowest BCUT2D eigenvalue weighted by Gasteiger charge is -2.15. The van der Waals surface area contributed by atoms with Crippen LogP contribution in [0.2, 0.25) is 0 Å². The van der Waals surface area contributed by atoms with E-state index in [1.165, 1.54) is 26.2 Å². The second-order valence-corrected chi connectivity index (χ2v) is 6.07. The topological polar surface area (TPSA) is 78.9 Å². The van der Waals surface area contributed by atoms with Crippen LogP contribution in [0.4, 0.5) is 0 Å². The van der Waals surface area contributed by atoms with Gasteiger partial charge in [0.25, 0.3) is 0 Å². The predicted octanol–water partition coefficient (Wildman–Crippen LogP) is 3.08. The number of carbonyl (C=O) groups excluding carboxylic acids is 3. The minimum absolute atomic E-state index is 0.184. The molecule has 1 aromatic carbocycles. The number of benzene rings is 1. The molecule has 0 N–H and O–H groups in total. The van der Waals surface area contributed by atoms with Crippen LogP contribution in [0.15, 0.2) is 34.5 Å². The molecule has 1 aliphatic heterocycles. The van der Waals surface area contributed by atoms with Crippen molar-refractivity contribution in [3.8, 4) is 11.5 Å². The van der Waals surface area contributed by atoms with Crippen molar-refractivity contribution in [3.05, 3.63) is 40.1 Å². The lowest BCUT2D eigenvalue weighted by molar-refractivity contribution is -0.151. The molecule has 0 aliphatic carbocycles. The molecule has 0 aromatic heterocycles. The van der Waals surface area contributed by atoms with Crippen molar-refractivity contribution >= 4 is 39.5 Å². The van der Waals surface area contributed by atoms with Crippen LogP contribution in [-0.4, -0.2) is 31.3 Å². The molecule has 0 spiro atoms. The first-order valence-electron chi connectivity index (χ1n) is 7.53. The molecule has 0 amide bonds. The van der Waals surface area contributed by atoms with Crippen molar-refractivity contribution < 1.29 is 28.6 Å². The largest absolute Gasteiger partial charge is 0.493 e. The summed E-state index contributed by atoms with van der Waals surface area (Å²) in [7, 11) is 1.51. The molecule has 0 bridgehead atoms. The van der Waals surface area contributed by atoms with E-state index < -0.39 is 23.5 Å². The highest BCUT2D eigenvalue weighted by molar-refractivity contribution is 9.10. The zero-order chi connectivity index (χ0) is 18.6. The van der Waals surface area contributed by atoms with E-state index >= 15 is 0 Å². The monoisotopic (exact) mass is 408 g/mol. The third-order valence-corrected chi connectivity index (χ3v) is 3.98. The summed E-state index contributed by atoms with van der Waals surface area (Å²) in [5, 5.41) is 0. The van der Waals surface area contributed by atoms with Crippen LogP contribution >= 0.6 is 15.9 Å². The van der Waals surface area contributed by atoms with Crippen molar-refractivity contribution in [2.75, 3.05) is 13.7 Å². The second kappa shape index (κ2) is 8.11. The summed E-state index contributed by atoms with van der Waals surface area (Å²) in [4.78, 5) is 35.8. The van der Waals surface area contributed by atoms with E-state index in [2.05, 4.69) is 15.9 Å². The molecule has 1 unspecified atom stereocenters. The first-order valence-corrected chi connectivity index (χ1v) is 8.32. The summed E-state index contributed by atoms with van der Waals surface area (Å²) >= 11 is 3.39. The molecule has 0 saturated carbocycles. The maximum absolute atomic E-state index is 12.2. The Kier molecular flexibility index (Phi) is 6.14. The number of carbonyl (C=O) groups is 3. The number of cyclic esters (lactones) is 1. The van der Waals surface area contributed by atoms with E-state index in [9.17, 15) is 14.4 Å². The molecule has 0 saturated heterocycles. The normalized spacial score (nSPS) is 17.3. The molecule has 1 heterocycles. The Morgan fingerprint density at radius 3 is 2.68 bits per heavy atom. The molecule has 7 heteroatoms. The molecule has 1 aliphatic rings. The standard InChI is InChI=1S/C18H17BrO6/c1-4-24-17-12(19)8-11(9-15(17)23-3)5-6-13(20)16-14(21)7-10(2)25-18(16)22/h5-9,16H,4H2,1-3H3. The highest BCUT2D eigenvalue weighted by Crippen LogP contribution is 2.37. The maximum atomic E-state index is 12.2. The van der Waals surface area contributed by atoms with Gasteiger partial charge in [-0.15, -0.1) is 0 Å². The van der Waals surface area contributed by atoms with Gasteiger partial charge >= 0.3 is 5.97 Å². The average Bonchev–Trinajstić information content (AvgIpc) is 2.54. The van der Waals surface area contributed by atoms with Gasteiger partial charge in [-0.05, 0) is 53.5 Å². The minimum atomic E-state index is -1.45. The summed E-state index contributed by atoms with van der Waals surface area (Å²) in [5.74, 6) is -2.28. The Morgan fingerprint density at radius 2 is 2.08 bits per heavy atom. The summed E-state index contributed by atoms with van der Waals surface area (Å²) < 4.78 is 16.3. The Balaban J connectivity index is 2.24. The van der Waals surface area contributed by atoms with E-state index in [0.29, 0.717) is 28.1 Å². The van der Waals surface area contributed by atoms with Crippen LogP contribution in [0.25, 0.3) is 6.08 Å². The first-order chi connectivity index (χ1) is 11.9. The van der Waals surface area contributed by atoms with E-state index in [-0.39, 0.29) is 5.76 Å². The van der Waals surface area contributed by atoms with E-state index in [1.807, 2.05) is 6.92 Å². The van der Waals surface area contributed by atoms with Gasteiger partial charge in [0.2, 0.25) is 0 Å². The van der Waals surface area contributed by atoms with Gasteiger partial charge < -0.3 is 14.2 Å². The van der Waals surface area contributed by atoms with Gasteiger partial charge in [0, 0.05) is 6.08 Å². The van der Waals surface area contributed by atoms with Crippen molar-refractivity contribution in [1.82, 2.24) is 0 Å². The zero-order valence-electron chi connectivity index (χ0n) is 14.0. The van der Waals surface area contributed by atoms with E-state index in [4.69, 9.17) is 14.2 Å². The lowest BCUT2D eigenvalue weighted by Crippen LogP contribution is -2.34. The second-order valence-electron chi connectivity index (χ2n) is 5.21. The van der Waals surface area contributed by atoms with Crippen molar-refractivity contribution in [2.45, 2.75) is 13.8 Å². The molecular formula is C18H17BrO6. The molecule has 0 fully saturated rings. The fourth-order valence-corrected chi connectivity index (χ4v) is 2.87. The fourth-order valence-electron chi connectivity index (χ4n) is 2.30. The van der Waals surface area contributed by atoms with Crippen LogP contribution in [0.3, 0.4) is 0 Å². The van der Waals surface area contributed by atoms with Crippen LogP contribution in [0.5, 0.6) is 11.5 Å². The Morgan fingerprint density at radius 1 is 1.36 bits per heavy atom. The average molecular weight is 409 g/mol. The zero-order valence-corrected chi connectivity index (χ0v) is 15.6. The van der Waals surface area contributed by atoms with Gasteiger partial charge in [-0.3, -0.25) is 14.4 Å². The molecule has 25 heavy (non-hydrogen) atoms. The Bertz CT molecular complexity index is 778. The van der Waals surface area contributed by atoms with Crippen molar-refractivity contribution in [2.24, 2.45) is 5.92 Å². The highest BCUT2D eigenvalue weighted by Gasteiger charge is 2.36. The SMILES string of the molecule is CCOc1c(Br)cc(C=CC(=O)C2C(=O)C=C(C)OC2=O)cc1OC. The number of halogens is 1. The van der Waals surface area contributed by atoms with E-state index in [0.717, 1.165) is 6.08 Å². The van der Waals surface area contributed by atoms with Crippen LogP contribution in [0, 0.1) is 5.92 Å². The molecule has 2 rings (SSSR count). The lowest BCUT2D eigenvalue weighted by atomic mass is 9.96. The number of rotatable bonds is 6. The summed E-state index contributed by atoms with van der Waals surface area (Å²) in [6.45, 7) is 3.81. The minimum Gasteiger partial charge on any atom is -0.493 e. The smallest absolute Gasteiger partial charge is 0.329 e. The van der Waals surface area contributed by atoms with Crippen molar-refractivity contribution in [1.29, 1.82) is 0 Å². The molecule has 1 aromatic rings. The van der Waals surface area contributed by atoms with Crippen LogP contribution < -0.4 is 9.47 Å². The number of allylic oxidation sites excluding steroid dienone is 3. The first kappa shape index (κ1) is 18.9. The van der Waals surface area contributed by atoms with Gasteiger partial charge in [0.05, 0.1) is 18.2 Å². The number of esters is 1. The number of ether oxygens (including phenoxy) is 3. The molecule has 1 atom stereocenters. The quantitative estimate of drug-likeness (QED) is 0.408. The number of methoxy groups -OCH3 is 1. The van der Waals surface area contributed by atoms with Crippen molar-refractivity contribution in [3.63, 3.8) is 0 Å². The van der Waals surface area contributed by atoms with Crippen LogP contribution in [-0.2, 0) is 19.1 Å². The number of ketones is 2. The molecule has 6 nitrogen and oxygen atoms in total. The summed E-state index contributed by atoms with van der Waals surface area (Å²) in [6, 6.07) is 3.42. The maximum Gasteiger partial charge on any atom is 0.329 e. The van der Waals surface area contributed by atoms with Gasteiger partial charge in [-0.2, -0.15) is 0 Å². The highest BCUT2D eigenvalue weighted by atomic mass is 79.9. The van der Waals surface area contributed by atoms with E-state index in [1.54, 1.807) is 12.1 Å². The molecule has 0 radical (unpaired) electrons. The van der Waals surface area contributed by atoms with Crippen LogP contribution in [0.1, 0.15) is 19.4 Å². The van der Waals surface area contributed by atoms with Gasteiger partial charge in [-0.25, -0.2) is 0 Å². The van der Waals surface area contributed by atoms with Gasteiger partial charge in [-0.1, -0.05) is 6.08 Å². The number of hydrogen-bond acceptors (Lipinski definition) is 6. The molecule has 132 valence electrons. The third-order valence-electron chi connectivity index (χ3n) is 3.39. The summed E-state index contributed by atoms with van der Waals surface area (Å²) in [6.07, 6.45) is 3.82. The van der Waals surface area contributed by atoms with Gasteiger partial charge in [0.15, 0.2) is 29.0 Å². The predicted molar refractivity (Wildman–Crippen MR) is 94.3 cm³/mol. The summed E-state index contributed by atoms with van der Waals surface area (Å²) in [5.41, 5.74) is 0.642. The van der Waals surface area contributed by atoms with Gasteiger partial charge in [0.1, 0.15) is 5.76 Å². The molecular weight excluding hydrogens is 392 g/mol.